The summed E-state index contributed by atoms with van der Waals surface area (Å²) >= 11 is 5.94. The van der Waals surface area contributed by atoms with Gasteiger partial charge in [0.25, 0.3) is 5.91 Å². The SMILES string of the molecule is O=C(NCCN1CCOCC1)c1cnc(Nc2cccc(Cl)c2)cn1. The minimum Gasteiger partial charge on any atom is -0.379 e. The largest absolute Gasteiger partial charge is 0.379 e. The van der Waals surface area contributed by atoms with Crippen LogP contribution in [0.1, 0.15) is 10.5 Å². The number of aromatic nitrogens is 2. The third-order valence-corrected chi connectivity index (χ3v) is 4.03. The average molecular weight is 362 g/mol. The molecule has 2 N–H and O–H groups in total. The summed E-state index contributed by atoms with van der Waals surface area (Å²) in [5.41, 5.74) is 1.10. The fraction of sp³-hybridized carbons (Fsp3) is 0.353. The van der Waals surface area contributed by atoms with Crippen molar-refractivity contribution in [3.05, 3.63) is 47.4 Å². The van der Waals surface area contributed by atoms with Crippen molar-refractivity contribution in [1.82, 2.24) is 20.2 Å². The van der Waals surface area contributed by atoms with E-state index in [2.05, 4.69) is 25.5 Å². The maximum atomic E-state index is 12.1. The zero-order valence-corrected chi connectivity index (χ0v) is 14.5. The molecule has 1 aromatic carbocycles. The molecule has 2 aromatic rings. The van der Waals surface area contributed by atoms with Gasteiger partial charge in [0, 0.05) is 36.9 Å². The lowest BCUT2D eigenvalue weighted by Gasteiger charge is -2.26. The number of nitrogens with zero attached hydrogens (tertiary/aromatic N) is 3. The Morgan fingerprint density at radius 3 is 2.80 bits per heavy atom. The predicted octanol–water partition coefficient (Wildman–Crippen LogP) is 1.94. The molecular formula is C17H20ClN5O2. The molecule has 0 atom stereocenters. The van der Waals surface area contributed by atoms with Gasteiger partial charge in [-0.3, -0.25) is 9.69 Å². The van der Waals surface area contributed by atoms with Crippen LogP contribution in [0.25, 0.3) is 0 Å². The highest BCUT2D eigenvalue weighted by Crippen LogP contribution is 2.18. The van der Waals surface area contributed by atoms with Crippen LogP contribution in [0, 0.1) is 0 Å². The van der Waals surface area contributed by atoms with E-state index in [9.17, 15) is 4.79 Å². The number of carbonyl (C=O) groups is 1. The number of rotatable bonds is 6. The van der Waals surface area contributed by atoms with Crippen molar-refractivity contribution in [1.29, 1.82) is 0 Å². The van der Waals surface area contributed by atoms with Crippen molar-refractivity contribution >= 4 is 29.0 Å². The van der Waals surface area contributed by atoms with E-state index in [-0.39, 0.29) is 5.91 Å². The van der Waals surface area contributed by atoms with Crippen molar-refractivity contribution in [2.75, 3.05) is 44.7 Å². The van der Waals surface area contributed by atoms with Gasteiger partial charge in [-0.2, -0.15) is 0 Å². The maximum absolute atomic E-state index is 12.1. The Balaban J connectivity index is 1.48. The molecule has 0 spiro atoms. The van der Waals surface area contributed by atoms with Gasteiger partial charge in [-0.1, -0.05) is 17.7 Å². The first-order valence-corrected chi connectivity index (χ1v) is 8.51. The molecule has 2 heterocycles. The van der Waals surface area contributed by atoms with Crippen LogP contribution in [0.3, 0.4) is 0 Å². The second-order valence-corrected chi connectivity index (χ2v) is 6.07. The average Bonchev–Trinajstić information content (AvgIpc) is 2.63. The molecule has 1 fully saturated rings. The van der Waals surface area contributed by atoms with Gasteiger partial charge >= 0.3 is 0 Å². The van der Waals surface area contributed by atoms with Crippen LogP contribution in [0.4, 0.5) is 11.5 Å². The van der Waals surface area contributed by atoms with E-state index in [1.807, 2.05) is 12.1 Å². The van der Waals surface area contributed by atoms with E-state index in [1.165, 1.54) is 12.4 Å². The first kappa shape index (κ1) is 17.6. The Kier molecular flexibility index (Phi) is 6.16. The van der Waals surface area contributed by atoms with Crippen molar-refractivity contribution in [3.8, 4) is 0 Å². The summed E-state index contributed by atoms with van der Waals surface area (Å²) in [6.45, 7) is 4.68. The molecule has 3 rings (SSSR count). The first-order chi connectivity index (χ1) is 12.2. The van der Waals surface area contributed by atoms with Crippen molar-refractivity contribution in [2.45, 2.75) is 0 Å². The third kappa shape index (κ3) is 5.38. The Morgan fingerprint density at radius 2 is 2.08 bits per heavy atom. The molecule has 0 aliphatic carbocycles. The van der Waals surface area contributed by atoms with Crippen LogP contribution in [-0.4, -0.2) is 60.2 Å². The van der Waals surface area contributed by atoms with Crippen LogP contribution < -0.4 is 10.6 Å². The van der Waals surface area contributed by atoms with Crippen molar-refractivity contribution < 1.29 is 9.53 Å². The van der Waals surface area contributed by atoms with E-state index in [1.54, 1.807) is 12.1 Å². The monoisotopic (exact) mass is 361 g/mol. The number of carbonyl (C=O) groups excluding carboxylic acids is 1. The van der Waals surface area contributed by atoms with Gasteiger partial charge in [0.15, 0.2) is 0 Å². The molecule has 8 heteroatoms. The molecule has 1 aliphatic rings. The highest BCUT2D eigenvalue weighted by molar-refractivity contribution is 6.30. The smallest absolute Gasteiger partial charge is 0.271 e. The lowest BCUT2D eigenvalue weighted by atomic mass is 10.3. The number of hydrogen-bond acceptors (Lipinski definition) is 6. The first-order valence-electron chi connectivity index (χ1n) is 8.14. The molecule has 0 saturated carbocycles. The number of amides is 1. The second-order valence-electron chi connectivity index (χ2n) is 5.63. The number of halogens is 1. The molecule has 0 bridgehead atoms. The topological polar surface area (TPSA) is 79.4 Å². The molecule has 7 nitrogen and oxygen atoms in total. The van der Waals surface area contributed by atoms with Gasteiger partial charge in [0.05, 0.1) is 25.6 Å². The minimum atomic E-state index is -0.227. The molecule has 25 heavy (non-hydrogen) atoms. The summed E-state index contributed by atoms with van der Waals surface area (Å²) in [4.78, 5) is 22.7. The van der Waals surface area contributed by atoms with E-state index in [0.29, 0.717) is 23.1 Å². The van der Waals surface area contributed by atoms with Gasteiger partial charge in [-0.15, -0.1) is 0 Å². The van der Waals surface area contributed by atoms with E-state index >= 15 is 0 Å². The summed E-state index contributed by atoms with van der Waals surface area (Å²) in [5, 5.41) is 6.58. The molecule has 0 radical (unpaired) electrons. The molecule has 132 valence electrons. The summed E-state index contributed by atoms with van der Waals surface area (Å²) in [7, 11) is 0. The van der Waals surface area contributed by atoms with E-state index < -0.39 is 0 Å². The Morgan fingerprint density at radius 1 is 1.24 bits per heavy atom. The molecule has 1 saturated heterocycles. The van der Waals surface area contributed by atoms with Crippen LogP contribution >= 0.6 is 11.6 Å². The maximum Gasteiger partial charge on any atom is 0.271 e. The van der Waals surface area contributed by atoms with Crippen molar-refractivity contribution in [3.63, 3.8) is 0 Å². The fourth-order valence-corrected chi connectivity index (χ4v) is 2.66. The Hall–Kier alpha value is -2.22. The predicted molar refractivity (Wildman–Crippen MR) is 96.4 cm³/mol. The van der Waals surface area contributed by atoms with Crippen molar-refractivity contribution in [2.24, 2.45) is 0 Å². The Bertz CT molecular complexity index is 704. The number of nitrogens with one attached hydrogen (secondary N) is 2. The summed E-state index contributed by atoms with van der Waals surface area (Å²) in [6.07, 6.45) is 2.98. The van der Waals surface area contributed by atoms with Crippen LogP contribution in [0.2, 0.25) is 5.02 Å². The van der Waals surface area contributed by atoms with Crippen LogP contribution in [-0.2, 0) is 4.74 Å². The summed E-state index contributed by atoms with van der Waals surface area (Å²) in [5.74, 6) is 0.321. The number of morpholine rings is 1. The zero-order valence-electron chi connectivity index (χ0n) is 13.7. The lowest BCUT2D eigenvalue weighted by molar-refractivity contribution is 0.0383. The minimum absolute atomic E-state index is 0.227. The highest BCUT2D eigenvalue weighted by atomic mass is 35.5. The number of benzene rings is 1. The third-order valence-electron chi connectivity index (χ3n) is 3.80. The summed E-state index contributed by atoms with van der Waals surface area (Å²) in [6, 6.07) is 7.30. The van der Waals surface area contributed by atoms with E-state index in [4.69, 9.17) is 16.3 Å². The highest BCUT2D eigenvalue weighted by Gasteiger charge is 2.12. The number of anilines is 2. The second kappa shape index (κ2) is 8.75. The van der Waals surface area contributed by atoms with Gasteiger partial charge in [-0.25, -0.2) is 9.97 Å². The van der Waals surface area contributed by atoms with Gasteiger partial charge in [0.2, 0.25) is 0 Å². The lowest BCUT2D eigenvalue weighted by Crippen LogP contribution is -2.41. The normalized spacial score (nSPS) is 14.9. The van der Waals surface area contributed by atoms with Crippen LogP contribution in [0.15, 0.2) is 36.7 Å². The summed E-state index contributed by atoms with van der Waals surface area (Å²) < 4.78 is 5.30. The zero-order chi connectivity index (χ0) is 17.5. The standard InChI is InChI=1S/C17H20ClN5O2/c18-13-2-1-3-14(10-13)22-16-12-20-15(11-21-16)17(24)19-4-5-23-6-8-25-9-7-23/h1-3,10-12H,4-9H2,(H,19,24)(H,21,22). The number of ether oxygens (including phenoxy) is 1. The molecule has 1 aromatic heterocycles. The van der Waals surface area contributed by atoms with Gasteiger partial charge < -0.3 is 15.4 Å². The number of hydrogen-bond donors (Lipinski definition) is 2. The van der Waals surface area contributed by atoms with Crippen LogP contribution in [0.5, 0.6) is 0 Å². The molecule has 1 amide bonds. The quantitative estimate of drug-likeness (QED) is 0.818. The van der Waals surface area contributed by atoms with Gasteiger partial charge in [0.1, 0.15) is 11.5 Å². The molecule has 0 unspecified atom stereocenters. The Labute approximate surface area is 151 Å². The fourth-order valence-electron chi connectivity index (χ4n) is 2.47. The van der Waals surface area contributed by atoms with Gasteiger partial charge in [-0.05, 0) is 18.2 Å². The van der Waals surface area contributed by atoms with E-state index in [0.717, 1.165) is 38.5 Å². The molecule has 1 aliphatic heterocycles. The molecular weight excluding hydrogens is 342 g/mol.